The summed E-state index contributed by atoms with van der Waals surface area (Å²) in [5.74, 6) is 0.833. The number of hydrogen-bond donors (Lipinski definition) is 0. The molecular formula is C22H28N2O4S. The van der Waals surface area contributed by atoms with Gasteiger partial charge in [0.05, 0.1) is 19.3 Å². The Balaban J connectivity index is 1.52. The highest BCUT2D eigenvalue weighted by atomic mass is 32.2. The third-order valence-electron chi connectivity index (χ3n) is 6.04. The number of fused-ring (bicyclic) bond motifs is 2. The van der Waals surface area contributed by atoms with Crippen LogP contribution in [0, 0.1) is 0 Å². The van der Waals surface area contributed by atoms with Crippen LogP contribution in [0.2, 0.25) is 0 Å². The molecule has 2 aromatic rings. The van der Waals surface area contributed by atoms with E-state index in [1.54, 1.807) is 18.5 Å². The van der Waals surface area contributed by atoms with Gasteiger partial charge in [-0.3, -0.25) is 0 Å². The average Bonchev–Trinajstić information content (AvgIpc) is 2.74. The molecule has 29 heavy (non-hydrogen) atoms. The number of ether oxygens (including phenoxy) is 2. The molecule has 0 radical (unpaired) electrons. The number of nitrogens with zero attached hydrogens (tertiary/aromatic N) is 2. The predicted octanol–water partition coefficient (Wildman–Crippen LogP) is 2.94. The molecule has 0 bridgehead atoms. The molecule has 2 heterocycles. The van der Waals surface area contributed by atoms with Gasteiger partial charge in [-0.15, -0.1) is 0 Å². The second kappa shape index (κ2) is 8.07. The third kappa shape index (κ3) is 3.80. The summed E-state index contributed by atoms with van der Waals surface area (Å²) in [7, 11) is -0.211. The van der Waals surface area contributed by atoms with Crippen molar-refractivity contribution in [3.63, 3.8) is 0 Å². The average molecular weight is 417 g/mol. The van der Waals surface area contributed by atoms with Crippen LogP contribution >= 0.6 is 0 Å². The molecule has 0 unspecified atom stereocenters. The van der Waals surface area contributed by atoms with E-state index in [2.05, 4.69) is 6.07 Å². The lowest BCUT2D eigenvalue weighted by Crippen LogP contribution is -2.51. The zero-order valence-corrected chi connectivity index (χ0v) is 17.8. The van der Waals surface area contributed by atoms with Crippen LogP contribution < -0.4 is 4.74 Å². The van der Waals surface area contributed by atoms with Gasteiger partial charge in [0.25, 0.3) is 10.2 Å². The predicted molar refractivity (Wildman–Crippen MR) is 112 cm³/mol. The third-order valence-corrected chi connectivity index (χ3v) is 7.97. The first kappa shape index (κ1) is 20.3. The highest BCUT2D eigenvalue weighted by Gasteiger charge is 2.45. The highest BCUT2D eigenvalue weighted by molar-refractivity contribution is 7.86. The number of methoxy groups -OCH3 is 1. The van der Waals surface area contributed by atoms with E-state index in [-0.39, 0.29) is 0 Å². The summed E-state index contributed by atoms with van der Waals surface area (Å²) in [4.78, 5) is 0. The summed E-state index contributed by atoms with van der Waals surface area (Å²) in [5, 5.41) is 0. The van der Waals surface area contributed by atoms with Crippen LogP contribution in [0.15, 0.2) is 48.5 Å². The zero-order chi connectivity index (χ0) is 20.5. The maximum Gasteiger partial charge on any atom is 0.282 e. The Morgan fingerprint density at radius 1 is 1.10 bits per heavy atom. The standard InChI is InChI=1S/C22H28N2O4S/c1-23(17-18-7-4-3-5-8-18)29(25,26)24-14-12-22(13-15-24)21-19(11-16-28-22)9-6-10-20(21)27-2/h3-10H,11-17H2,1-2H3. The van der Waals surface area contributed by atoms with Crippen molar-refractivity contribution in [2.24, 2.45) is 0 Å². The Kier molecular flexibility index (Phi) is 5.66. The van der Waals surface area contributed by atoms with Crippen LogP contribution in [-0.4, -0.2) is 50.9 Å². The zero-order valence-electron chi connectivity index (χ0n) is 17.0. The van der Waals surface area contributed by atoms with E-state index >= 15 is 0 Å². The van der Waals surface area contributed by atoms with Gasteiger partial charge in [-0.1, -0.05) is 42.5 Å². The van der Waals surface area contributed by atoms with E-state index in [0.29, 0.717) is 39.1 Å². The van der Waals surface area contributed by atoms with Gasteiger partial charge < -0.3 is 9.47 Å². The van der Waals surface area contributed by atoms with Crippen molar-refractivity contribution in [3.8, 4) is 5.75 Å². The molecule has 7 heteroatoms. The van der Waals surface area contributed by atoms with E-state index in [4.69, 9.17) is 9.47 Å². The second-order valence-electron chi connectivity index (χ2n) is 7.74. The quantitative estimate of drug-likeness (QED) is 0.752. The Morgan fingerprint density at radius 2 is 1.83 bits per heavy atom. The second-order valence-corrected chi connectivity index (χ2v) is 9.77. The topological polar surface area (TPSA) is 59.1 Å². The first-order valence-electron chi connectivity index (χ1n) is 10.0. The molecule has 156 valence electrons. The first-order chi connectivity index (χ1) is 14.0. The first-order valence-corrected chi connectivity index (χ1v) is 11.4. The Hall–Kier alpha value is -1.93. The molecular weight excluding hydrogens is 388 g/mol. The fraction of sp³-hybridized carbons (Fsp3) is 0.455. The Bertz CT molecular complexity index is 940. The van der Waals surface area contributed by atoms with Crippen LogP contribution in [0.25, 0.3) is 0 Å². The number of rotatable bonds is 5. The lowest BCUT2D eigenvalue weighted by Gasteiger charge is -2.45. The van der Waals surface area contributed by atoms with Gasteiger partial charge in [0.2, 0.25) is 0 Å². The van der Waals surface area contributed by atoms with Crippen molar-refractivity contribution in [3.05, 3.63) is 65.2 Å². The highest BCUT2D eigenvalue weighted by Crippen LogP contribution is 2.46. The van der Waals surface area contributed by atoms with Gasteiger partial charge in [-0.25, -0.2) is 0 Å². The van der Waals surface area contributed by atoms with E-state index in [0.717, 1.165) is 23.3 Å². The maximum atomic E-state index is 13.1. The van der Waals surface area contributed by atoms with Gasteiger partial charge in [0, 0.05) is 32.2 Å². The molecule has 0 N–H and O–H groups in total. The van der Waals surface area contributed by atoms with Crippen LogP contribution in [0.4, 0.5) is 0 Å². The molecule has 0 aliphatic carbocycles. The molecule has 0 atom stereocenters. The van der Waals surface area contributed by atoms with Crippen LogP contribution in [0.3, 0.4) is 0 Å². The van der Waals surface area contributed by atoms with E-state index in [1.807, 2.05) is 42.5 Å². The summed E-state index contributed by atoms with van der Waals surface area (Å²) < 4.78 is 41.1. The minimum absolute atomic E-state index is 0.359. The van der Waals surface area contributed by atoms with Gasteiger partial charge in [-0.05, 0) is 36.5 Å². The SMILES string of the molecule is COc1cccc2c1C1(CCN(S(=O)(=O)N(C)Cc3ccccc3)CC1)OCC2. The van der Waals surface area contributed by atoms with Crippen molar-refractivity contribution < 1.29 is 17.9 Å². The van der Waals surface area contributed by atoms with Crippen LogP contribution in [0.1, 0.15) is 29.5 Å². The normalized spacial score (nSPS) is 19.3. The van der Waals surface area contributed by atoms with Crippen LogP contribution in [-0.2, 0) is 33.5 Å². The molecule has 0 saturated carbocycles. The van der Waals surface area contributed by atoms with Gasteiger partial charge in [0.15, 0.2) is 0 Å². The van der Waals surface area contributed by atoms with Gasteiger partial charge >= 0.3 is 0 Å². The minimum Gasteiger partial charge on any atom is -0.496 e. The van der Waals surface area contributed by atoms with Crippen LogP contribution in [0.5, 0.6) is 5.75 Å². The number of hydrogen-bond acceptors (Lipinski definition) is 4. The van der Waals surface area contributed by atoms with E-state index in [1.165, 1.54) is 9.87 Å². The Labute approximate surface area is 173 Å². The lowest BCUT2D eigenvalue weighted by molar-refractivity contribution is -0.0907. The molecule has 1 spiro atoms. The molecule has 1 saturated heterocycles. The summed E-state index contributed by atoms with van der Waals surface area (Å²) in [5.41, 5.74) is 2.85. The van der Waals surface area contributed by atoms with E-state index in [9.17, 15) is 8.42 Å². The monoisotopic (exact) mass is 416 g/mol. The minimum atomic E-state index is -3.53. The molecule has 0 amide bonds. The summed E-state index contributed by atoms with van der Waals surface area (Å²) >= 11 is 0. The van der Waals surface area contributed by atoms with Crippen molar-refractivity contribution in [1.82, 2.24) is 8.61 Å². The van der Waals surface area contributed by atoms with Crippen molar-refractivity contribution in [1.29, 1.82) is 0 Å². The van der Waals surface area contributed by atoms with Crippen molar-refractivity contribution in [2.75, 3.05) is 33.9 Å². The smallest absolute Gasteiger partial charge is 0.282 e. The van der Waals surface area contributed by atoms with E-state index < -0.39 is 15.8 Å². The van der Waals surface area contributed by atoms with Gasteiger partial charge in [0.1, 0.15) is 5.75 Å². The number of benzene rings is 2. The summed E-state index contributed by atoms with van der Waals surface area (Å²) in [6, 6.07) is 15.8. The molecule has 2 aromatic carbocycles. The molecule has 2 aliphatic rings. The number of piperidine rings is 1. The lowest BCUT2D eigenvalue weighted by atomic mass is 9.79. The van der Waals surface area contributed by atoms with Crippen molar-refractivity contribution in [2.45, 2.75) is 31.4 Å². The fourth-order valence-corrected chi connectivity index (χ4v) is 5.84. The summed E-state index contributed by atoms with van der Waals surface area (Å²) in [6.07, 6.45) is 2.10. The van der Waals surface area contributed by atoms with Crippen molar-refractivity contribution >= 4 is 10.2 Å². The molecule has 1 fully saturated rings. The molecule has 2 aliphatic heterocycles. The molecule has 4 rings (SSSR count). The molecule has 0 aromatic heterocycles. The Morgan fingerprint density at radius 3 is 2.52 bits per heavy atom. The summed E-state index contributed by atoms with van der Waals surface area (Å²) in [6.45, 7) is 1.87. The van der Waals surface area contributed by atoms with Gasteiger partial charge in [-0.2, -0.15) is 17.0 Å². The largest absolute Gasteiger partial charge is 0.496 e. The maximum absolute atomic E-state index is 13.1. The fourth-order valence-electron chi connectivity index (χ4n) is 4.49. The molecule has 6 nitrogen and oxygen atoms in total.